The highest BCUT2D eigenvalue weighted by molar-refractivity contribution is 7.17. The van der Waals surface area contributed by atoms with Gasteiger partial charge in [-0.2, -0.15) is 9.98 Å². The number of carbonyl (C=O) groups excluding carboxylic acids is 2. The molecule has 238 valence electrons. The number of aromatic nitrogens is 2. The number of amides is 2. The zero-order valence-electron chi connectivity index (χ0n) is 27.0. The Balaban J connectivity index is 1.24. The Hall–Kier alpha value is -2.92. The molecule has 10 heteroatoms. The van der Waals surface area contributed by atoms with Crippen LogP contribution in [0.5, 0.6) is 0 Å². The number of hydrogen-bond acceptors (Lipinski definition) is 6. The Morgan fingerprint density at radius 1 is 0.636 bits per heavy atom. The number of carbonyl (C=O) groups is 2. The summed E-state index contributed by atoms with van der Waals surface area (Å²) in [5.74, 6) is -0.141. The highest BCUT2D eigenvalue weighted by Gasteiger charge is 2.12. The molecule has 2 heterocycles. The van der Waals surface area contributed by atoms with Gasteiger partial charge >= 0.3 is 0 Å². The van der Waals surface area contributed by atoms with Crippen LogP contribution in [0, 0.1) is 27.7 Å². The van der Waals surface area contributed by atoms with Crippen molar-refractivity contribution in [2.75, 3.05) is 27.4 Å². The van der Waals surface area contributed by atoms with E-state index in [0.29, 0.717) is 39.1 Å². The van der Waals surface area contributed by atoms with E-state index >= 15 is 0 Å². The van der Waals surface area contributed by atoms with Gasteiger partial charge in [-0.25, -0.2) is 0 Å². The molecule has 0 spiro atoms. The molecule has 4 rings (SSSR count). The lowest BCUT2D eigenvalue weighted by Crippen LogP contribution is -2.19. The fourth-order valence-corrected chi connectivity index (χ4v) is 7.82. The van der Waals surface area contributed by atoms with Crippen LogP contribution in [0.2, 0.25) is 0 Å². The molecule has 0 aliphatic rings. The Labute approximate surface area is 268 Å². The topological polar surface area (TPSA) is 87.2 Å². The molecule has 2 aromatic carbocycles. The first kappa shape index (κ1) is 34.0. The van der Waals surface area contributed by atoms with Gasteiger partial charge < -0.3 is 18.6 Å². The Morgan fingerprint density at radius 2 is 1.02 bits per heavy atom. The van der Waals surface area contributed by atoms with Crippen LogP contribution in [-0.2, 0) is 32.2 Å². The van der Waals surface area contributed by atoms with E-state index in [4.69, 9.17) is 9.47 Å². The van der Waals surface area contributed by atoms with Crippen molar-refractivity contribution in [2.24, 2.45) is 9.98 Å². The van der Waals surface area contributed by atoms with Gasteiger partial charge in [-0.3, -0.25) is 9.59 Å². The predicted octanol–water partition coefficient (Wildman–Crippen LogP) is 6.92. The summed E-state index contributed by atoms with van der Waals surface area (Å²) in [5.41, 5.74) is 7.03. The van der Waals surface area contributed by atoms with E-state index in [2.05, 4.69) is 71.1 Å². The zero-order valence-corrected chi connectivity index (χ0v) is 28.7. The molecule has 4 aromatic rings. The standard InChI is InChI=1S/C34H46N4O4S2/c1-23-19-25(3)31-27(21-23)37(15-17-41-5)33(43-31)35-29(39)13-11-9-7-8-10-12-14-30(40)36-34-38(16-18-42-6)28-22-24(2)20-26(4)32(28)44-34/h19-22H,7-18H2,1-6H3. The number of thiazole rings is 2. The summed E-state index contributed by atoms with van der Waals surface area (Å²) >= 11 is 3.16. The molecule has 0 unspecified atom stereocenters. The van der Waals surface area contributed by atoms with Crippen LogP contribution < -0.4 is 9.60 Å². The molecule has 8 nitrogen and oxygen atoms in total. The van der Waals surface area contributed by atoms with Crippen molar-refractivity contribution < 1.29 is 19.1 Å². The van der Waals surface area contributed by atoms with E-state index in [0.717, 1.165) is 59.2 Å². The van der Waals surface area contributed by atoms with Crippen molar-refractivity contribution in [2.45, 2.75) is 92.2 Å². The molecule has 0 aliphatic heterocycles. The molecule has 0 aliphatic carbocycles. The van der Waals surface area contributed by atoms with Crippen molar-refractivity contribution in [3.8, 4) is 0 Å². The quantitative estimate of drug-likeness (QED) is 0.132. The van der Waals surface area contributed by atoms with E-state index in [1.165, 1.54) is 31.7 Å². The predicted molar refractivity (Wildman–Crippen MR) is 180 cm³/mol. The highest BCUT2D eigenvalue weighted by Crippen LogP contribution is 2.25. The van der Waals surface area contributed by atoms with Crippen LogP contribution in [-0.4, -0.2) is 48.4 Å². The smallest absolute Gasteiger partial charge is 0.248 e. The normalized spacial score (nSPS) is 12.7. The van der Waals surface area contributed by atoms with Gasteiger partial charge in [0.25, 0.3) is 0 Å². The lowest BCUT2D eigenvalue weighted by atomic mass is 10.1. The molecule has 44 heavy (non-hydrogen) atoms. The first-order valence-electron chi connectivity index (χ1n) is 15.6. The first-order chi connectivity index (χ1) is 21.2. The number of rotatable bonds is 15. The van der Waals surface area contributed by atoms with Gasteiger partial charge in [0.15, 0.2) is 9.60 Å². The first-order valence-corrected chi connectivity index (χ1v) is 17.2. The number of fused-ring (bicyclic) bond motifs is 2. The summed E-state index contributed by atoms with van der Waals surface area (Å²) in [6, 6.07) is 8.65. The van der Waals surface area contributed by atoms with E-state index < -0.39 is 0 Å². The van der Waals surface area contributed by atoms with E-state index in [1.807, 2.05) is 0 Å². The molecule has 0 fully saturated rings. The Morgan fingerprint density at radius 3 is 1.41 bits per heavy atom. The molecule has 0 atom stereocenters. The third kappa shape index (κ3) is 8.84. The van der Waals surface area contributed by atoms with E-state index in [-0.39, 0.29) is 11.8 Å². The van der Waals surface area contributed by atoms with Crippen molar-refractivity contribution in [1.29, 1.82) is 0 Å². The maximum Gasteiger partial charge on any atom is 0.248 e. The number of benzene rings is 2. The third-order valence-corrected chi connectivity index (χ3v) is 10.2. The number of ether oxygens (including phenoxy) is 2. The van der Waals surface area contributed by atoms with E-state index in [9.17, 15) is 9.59 Å². The fraction of sp³-hybridized carbons (Fsp3) is 0.529. The summed E-state index contributed by atoms with van der Waals surface area (Å²) < 4.78 is 17.2. The largest absolute Gasteiger partial charge is 0.383 e. The van der Waals surface area contributed by atoms with Crippen LogP contribution in [0.1, 0.15) is 73.6 Å². The monoisotopic (exact) mass is 638 g/mol. The van der Waals surface area contributed by atoms with E-state index in [1.54, 1.807) is 36.9 Å². The summed E-state index contributed by atoms with van der Waals surface area (Å²) in [6.45, 7) is 10.9. The van der Waals surface area contributed by atoms with Crippen molar-refractivity contribution in [3.63, 3.8) is 0 Å². The zero-order chi connectivity index (χ0) is 31.6. The molecule has 0 saturated carbocycles. The summed E-state index contributed by atoms with van der Waals surface area (Å²) in [4.78, 5) is 36.0. The SMILES string of the molecule is COCCn1c(=NC(=O)CCCCCCCCC(=O)N=c2sc3c(C)cc(C)cc3n2CCOC)sc2c(C)cc(C)cc21. The maximum absolute atomic E-state index is 12.7. The van der Waals surface area contributed by atoms with Gasteiger partial charge in [0.1, 0.15) is 0 Å². The number of aryl methyl sites for hydroxylation is 4. The van der Waals surface area contributed by atoms with Crippen molar-refractivity contribution in [1.82, 2.24) is 9.13 Å². The molecule has 0 saturated heterocycles. The molecule has 0 bridgehead atoms. The summed E-state index contributed by atoms with van der Waals surface area (Å²) in [7, 11) is 3.38. The van der Waals surface area contributed by atoms with Crippen LogP contribution in [0.4, 0.5) is 0 Å². The minimum atomic E-state index is -0.0707. The third-order valence-electron chi connectivity index (χ3n) is 7.74. The Bertz CT molecular complexity index is 1610. The molecular weight excluding hydrogens is 593 g/mol. The number of methoxy groups -OCH3 is 2. The molecule has 2 amide bonds. The molecule has 2 aromatic heterocycles. The van der Waals surface area contributed by atoms with Gasteiger partial charge in [0, 0.05) is 40.2 Å². The Kier molecular flexibility index (Phi) is 12.7. The van der Waals surface area contributed by atoms with Crippen LogP contribution in [0.25, 0.3) is 20.4 Å². The van der Waals surface area contributed by atoms with Crippen molar-refractivity contribution in [3.05, 3.63) is 56.1 Å². The average molecular weight is 639 g/mol. The maximum atomic E-state index is 12.7. The lowest BCUT2D eigenvalue weighted by molar-refractivity contribution is -0.119. The average Bonchev–Trinajstić information content (AvgIpc) is 3.49. The van der Waals surface area contributed by atoms with Gasteiger partial charge in [-0.15, -0.1) is 0 Å². The summed E-state index contributed by atoms with van der Waals surface area (Å²) in [5, 5.41) is 0. The minimum Gasteiger partial charge on any atom is -0.383 e. The second-order valence-electron chi connectivity index (χ2n) is 11.6. The number of hydrogen-bond donors (Lipinski definition) is 0. The molecule has 0 N–H and O–H groups in total. The lowest BCUT2D eigenvalue weighted by Gasteiger charge is -2.06. The van der Waals surface area contributed by atoms with Crippen LogP contribution >= 0.6 is 22.7 Å². The fourth-order valence-electron chi connectivity index (χ4n) is 5.58. The van der Waals surface area contributed by atoms with Gasteiger partial charge in [-0.1, -0.05) is 60.5 Å². The van der Waals surface area contributed by atoms with Crippen LogP contribution in [0.3, 0.4) is 0 Å². The van der Waals surface area contributed by atoms with Crippen LogP contribution in [0.15, 0.2) is 34.3 Å². The summed E-state index contributed by atoms with van der Waals surface area (Å²) in [6.07, 6.45) is 6.59. The van der Waals surface area contributed by atoms with Gasteiger partial charge in [0.05, 0.1) is 33.6 Å². The highest BCUT2D eigenvalue weighted by atomic mass is 32.1. The number of nitrogens with zero attached hydrogens (tertiary/aromatic N) is 4. The second kappa shape index (κ2) is 16.4. The molecule has 0 radical (unpaired) electrons. The van der Waals surface area contributed by atoms with Crippen molar-refractivity contribution >= 4 is 54.9 Å². The molecular formula is C34H46N4O4S2. The van der Waals surface area contributed by atoms with Gasteiger partial charge in [0.2, 0.25) is 11.8 Å². The number of unbranched alkanes of at least 4 members (excludes halogenated alkanes) is 5. The van der Waals surface area contributed by atoms with Gasteiger partial charge in [-0.05, 0) is 74.9 Å². The minimum absolute atomic E-state index is 0.0707. The second-order valence-corrected chi connectivity index (χ2v) is 13.5.